The van der Waals surface area contributed by atoms with Crippen molar-refractivity contribution in [1.29, 1.82) is 0 Å². The van der Waals surface area contributed by atoms with Crippen LogP contribution in [-0.4, -0.2) is 51.9 Å². The Morgan fingerprint density at radius 1 is 1.12 bits per heavy atom. The highest BCUT2D eigenvalue weighted by atomic mass is 19.1. The van der Waals surface area contributed by atoms with E-state index in [1.807, 2.05) is 13.0 Å². The molecule has 4 heterocycles. The zero-order valence-electron chi connectivity index (χ0n) is 17.9. The number of fused-ring (bicyclic) bond motifs is 1. The summed E-state index contributed by atoms with van der Waals surface area (Å²) in [5.74, 6) is 0.557. The Morgan fingerprint density at radius 2 is 1.88 bits per heavy atom. The summed E-state index contributed by atoms with van der Waals surface area (Å²) < 4.78 is 15.2. The number of pyridine rings is 1. The van der Waals surface area contributed by atoms with Gasteiger partial charge >= 0.3 is 0 Å². The fourth-order valence-corrected chi connectivity index (χ4v) is 4.79. The summed E-state index contributed by atoms with van der Waals surface area (Å²) in [5, 5.41) is 3.36. The Kier molecular flexibility index (Phi) is 5.30. The van der Waals surface area contributed by atoms with Gasteiger partial charge in [0, 0.05) is 49.1 Å². The van der Waals surface area contributed by atoms with E-state index in [0.717, 1.165) is 29.9 Å². The van der Waals surface area contributed by atoms with Crippen LogP contribution in [-0.2, 0) is 6.42 Å². The molecule has 0 radical (unpaired) electrons. The number of hydrogen-bond acceptors (Lipinski definition) is 6. The minimum absolute atomic E-state index is 0.0992. The molecule has 0 spiro atoms. The van der Waals surface area contributed by atoms with E-state index in [2.05, 4.69) is 20.3 Å². The van der Waals surface area contributed by atoms with Crippen LogP contribution >= 0.6 is 0 Å². The Labute approximate surface area is 185 Å². The van der Waals surface area contributed by atoms with Gasteiger partial charge < -0.3 is 16.0 Å². The van der Waals surface area contributed by atoms with Crippen LogP contribution in [0.2, 0.25) is 0 Å². The van der Waals surface area contributed by atoms with Crippen LogP contribution in [0, 0.1) is 17.7 Å². The van der Waals surface area contributed by atoms with Crippen LogP contribution in [0.15, 0.2) is 42.9 Å². The number of aryl methyl sites for hydroxylation is 1. The number of rotatable bonds is 4. The molecule has 2 saturated heterocycles. The largest absolute Gasteiger partial charge is 0.384 e. The van der Waals surface area contributed by atoms with E-state index in [1.54, 1.807) is 29.3 Å². The van der Waals surface area contributed by atoms with E-state index in [1.165, 1.54) is 12.4 Å². The highest BCUT2D eigenvalue weighted by Gasteiger charge is 2.38. The van der Waals surface area contributed by atoms with Crippen LogP contribution < -0.4 is 11.1 Å². The molecule has 0 unspecified atom stereocenters. The zero-order valence-corrected chi connectivity index (χ0v) is 17.9. The van der Waals surface area contributed by atoms with Crippen molar-refractivity contribution in [2.75, 3.05) is 31.9 Å². The number of halogens is 1. The number of anilines is 1. The molecule has 1 amide bonds. The summed E-state index contributed by atoms with van der Waals surface area (Å²) in [6.45, 7) is 5.21. The lowest BCUT2D eigenvalue weighted by molar-refractivity contribution is 0.0777. The molecule has 2 aromatic heterocycles. The molecule has 2 fully saturated rings. The van der Waals surface area contributed by atoms with Crippen LogP contribution in [0.25, 0.3) is 22.4 Å². The predicted molar refractivity (Wildman–Crippen MR) is 120 cm³/mol. The van der Waals surface area contributed by atoms with Crippen molar-refractivity contribution >= 4 is 11.7 Å². The lowest BCUT2D eigenvalue weighted by Gasteiger charge is -2.18. The summed E-state index contributed by atoms with van der Waals surface area (Å²) in [5.41, 5.74) is 9.46. The second-order valence-electron chi connectivity index (χ2n) is 8.45. The van der Waals surface area contributed by atoms with Crippen LogP contribution in [0.4, 0.5) is 10.2 Å². The van der Waals surface area contributed by atoms with Crippen molar-refractivity contribution < 1.29 is 9.18 Å². The predicted octanol–water partition coefficient (Wildman–Crippen LogP) is 2.78. The molecule has 1 aromatic carbocycles. The summed E-state index contributed by atoms with van der Waals surface area (Å²) in [6, 6.07) is 8.29. The van der Waals surface area contributed by atoms with Gasteiger partial charge in [0.25, 0.3) is 5.91 Å². The molecular weight excluding hydrogens is 407 g/mol. The molecule has 3 N–H and O–H groups in total. The second kappa shape index (κ2) is 8.27. The first-order valence-corrected chi connectivity index (χ1v) is 10.9. The van der Waals surface area contributed by atoms with Gasteiger partial charge in [-0.15, -0.1) is 0 Å². The van der Waals surface area contributed by atoms with E-state index < -0.39 is 5.82 Å². The average molecular weight is 433 g/mol. The first-order chi connectivity index (χ1) is 15.5. The third-order valence-electron chi connectivity index (χ3n) is 6.49. The van der Waals surface area contributed by atoms with E-state index >= 15 is 4.39 Å². The maximum absolute atomic E-state index is 15.2. The van der Waals surface area contributed by atoms with Gasteiger partial charge in [-0.3, -0.25) is 4.79 Å². The molecule has 0 bridgehead atoms. The summed E-state index contributed by atoms with van der Waals surface area (Å²) >= 11 is 0. The highest BCUT2D eigenvalue weighted by Crippen LogP contribution is 2.34. The number of amides is 1. The number of likely N-dealkylation sites (tertiary alicyclic amines) is 1. The molecule has 7 nitrogen and oxygen atoms in total. The lowest BCUT2D eigenvalue weighted by Crippen LogP contribution is -2.32. The molecule has 2 aliphatic rings. The maximum atomic E-state index is 15.2. The third-order valence-corrected chi connectivity index (χ3v) is 6.49. The number of nitrogens with two attached hydrogens (primary N) is 1. The smallest absolute Gasteiger partial charge is 0.256 e. The molecule has 164 valence electrons. The molecule has 3 aromatic rings. The Balaban J connectivity index is 1.49. The quantitative estimate of drug-likeness (QED) is 0.658. The number of carbonyl (C=O) groups is 1. The number of carbonyl (C=O) groups excluding carboxylic acids is 1. The number of hydrogen-bond donors (Lipinski definition) is 2. The zero-order chi connectivity index (χ0) is 22.2. The monoisotopic (exact) mass is 432 g/mol. The van der Waals surface area contributed by atoms with Crippen molar-refractivity contribution in [2.24, 2.45) is 11.8 Å². The number of nitrogen functional groups attached to an aromatic ring is 1. The average Bonchev–Trinajstić information content (AvgIpc) is 3.41. The van der Waals surface area contributed by atoms with Crippen LogP contribution in [0.1, 0.15) is 23.0 Å². The third kappa shape index (κ3) is 3.60. The minimum Gasteiger partial charge on any atom is -0.384 e. The van der Waals surface area contributed by atoms with Crippen molar-refractivity contribution in [3.05, 3.63) is 59.9 Å². The van der Waals surface area contributed by atoms with Crippen molar-refractivity contribution in [3.8, 4) is 22.4 Å². The summed E-state index contributed by atoms with van der Waals surface area (Å²) in [4.78, 5) is 27.8. The summed E-state index contributed by atoms with van der Waals surface area (Å²) in [6.07, 6.45) is 3.83. The van der Waals surface area contributed by atoms with E-state index in [0.29, 0.717) is 48.4 Å². The molecular formula is C24H25FN6O. The first kappa shape index (κ1) is 20.5. The highest BCUT2D eigenvalue weighted by molar-refractivity contribution is 5.95. The molecule has 8 heteroatoms. The van der Waals surface area contributed by atoms with Gasteiger partial charge in [-0.05, 0) is 42.5 Å². The molecule has 2 atom stereocenters. The SMILES string of the molecule is CCc1ncnc(-c2ccc(C(=O)N3C[C@H]4CNC[C@H]4C3)c(F)c2)c1-c1ccc(N)nc1. The molecule has 0 saturated carbocycles. The topological polar surface area (TPSA) is 97.0 Å². The molecule has 0 aliphatic carbocycles. The lowest BCUT2D eigenvalue weighted by atomic mass is 9.97. The normalized spacial score (nSPS) is 19.9. The van der Waals surface area contributed by atoms with Gasteiger partial charge in [-0.1, -0.05) is 13.0 Å². The number of benzene rings is 1. The van der Waals surface area contributed by atoms with Gasteiger partial charge in [-0.25, -0.2) is 19.3 Å². The van der Waals surface area contributed by atoms with E-state index in [-0.39, 0.29) is 11.5 Å². The number of nitrogens with one attached hydrogen (secondary N) is 1. The minimum atomic E-state index is -0.541. The fraction of sp³-hybridized carbons (Fsp3) is 0.333. The van der Waals surface area contributed by atoms with Gasteiger partial charge in [-0.2, -0.15) is 0 Å². The fourth-order valence-electron chi connectivity index (χ4n) is 4.79. The Morgan fingerprint density at radius 3 is 2.53 bits per heavy atom. The Bertz CT molecular complexity index is 1150. The van der Waals surface area contributed by atoms with Gasteiger partial charge in [0.05, 0.1) is 17.0 Å². The van der Waals surface area contributed by atoms with Crippen molar-refractivity contribution in [1.82, 2.24) is 25.2 Å². The Hall–Kier alpha value is -3.39. The standard InChI is InChI=1S/C24H25FN6O/c1-2-20-22(15-4-6-21(26)28-10-15)23(30-13-29-20)14-3-5-18(19(25)7-14)24(32)31-11-16-8-27-9-17(16)12-31/h3-7,10,13,16-17,27H,2,8-9,11-12H2,1H3,(H2,26,28)/t16-,17+. The van der Waals surface area contributed by atoms with Gasteiger partial charge in [0.1, 0.15) is 18.0 Å². The number of aromatic nitrogens is 3. The molecule has 32 heavy (non-hydrogen) atoms. The van der Waals surface area contributed by atoms with Crippen LogP contribution in [0.5, 0.6) is 0 Å². The van der Waals surface area contributed by atoms with E-state index in [4.69, 9.17) is 5.73 Å². The summed E-state index contributed by atoms with van der Waals surface area (Å²) in [7, 11) is 0. The van der Waals surface area contributed by atoms with E-state index in [9.17, 15) is 4.79 Å². The van der Waals surface area contributed by atoms with Gasteiger partial charge in [0.15, 0.2) is 0 Å². The van der Waals surface area contributed by atoms with Crippen molar-refractivity contribution in [2.45, 2.75) is 13.3 Å². The van der Waals surface area contributed by atoms with Crippen molar-refractivity contribution in [3.63, 3.8) is 0 Å². The molecule has 5 rings (SSSR count). The molecule has 2 aliphatic heterocycles. The van der Waals surface area contributed by atoms with Gasteiger partial charge in [0.2, 0.25) is 0 Å². The second-order valence-corrected chi connectivity index (χ2v) is 8.45. The number of nitrogens with zero attached hydrogens (tertiary/aromatic N) is 4. The maximum Gasteiger partial charge on any atom is 0.256 e. The first-order valence-electron chi connectivity index (χ1n) is 10.9. The van der Waals surface area contributed by atoms with Crippen LogP contribution in [0.3, 0.4) is 0 Å².